The highest BCUT2D eigenvalue weighted by Crippen LogP contribution is 2.52. The van der Waals surface area contributed by atoms with Gasteiger partial charge in [0, 0.05) is 22.1 Å². The fraction of sp³-hybridized carbons (Fsp3) is 0.0612. The second-order valence-corrected chi connectivity index (χ2v) is 14.2. The Morgan fingerprint density at radius 3 is 1.84 bits per heavy atom. The summed E-state index contributed by atoms with van der Waals surface area (Å²) in [5.41, 5.74) is 12.6. The van der Waals surface area contributed by atoms with Crippen LogP contribution >= 0.6 is 0 Å². The Morgan fingerprint density at radius 2 is 1.00 bits per heavy atom. The van der Waals surface area contributed by atoms with Crippen molar-refractivity contribution in [2.24, 2.45) is 0 Å². The Hall–Kier alpha value is -6.38. The van der Waals surface area contributed by atoms with Crippen LogP contribution in [-0.2, 0) is 5.41 Å². The largest absolute Gasteiger partial charge is 0.228 e. The Labute approximate surface area is 297 Å². The number of fused-ring (bicyclic) bond motifs is 7. The van der Waals surface area contributed by atoms with E-state index in [9.17, 15) is 0 Å². The quantitative estimate of drug-likeness (QED) is 0.140. The summed E-state index contributed by atoms with van der Waals surface area (Å²) in [6.07, 6.45) is 0. The van der Waals surface area contributed by atoms with E-state index in [0.29, 0.717) is 5.82 Å². The lowest BCUT2D eigenvalue weighted by Crippen LogP contribution is -2.14. The lowest BCUT2D eigenvalue weighted by Gasteiger charge is -2.21. The first-order valence-electron chi connectivity index (χ1n) is 17.7. The minimum Gasteiger partial charge on any atom is -0.228 e. The number of rotatable bonds is 4. The van der Waals surface area contributed by atoms with E-state index in [1.165, 1.54) is 65.7 Å². The molecule has 0 amide bonds. The van der Waals surface area contributed by atoms with Crippen LogP contribution in [0.3, 0.4) is 0 Å². The summed E-state index contributed by atoms with van der Waals surface area (Å²) in [5.74, 6) is 0.715. The van der Waals surface area contributed by atoms with Gasteiger partial charge < -0.3 is 0 Å². The van der Waals surface area contributed by atoms with Crippen molar-refractivity contribution >= 4 is 32.3 Å². The van der Waals surface area contributed by atoms with Crippen LogP contribution in [0.4, 0.5) is 0 Å². The van der Waals surface area contributed by atoms with E-state index in [4.69, 9.17) is 9.97 Å². The molecule has 10 rings (SSSR count). The minimum atomic E-state index is -0.110. The van der Waals surface area contributed by atoms with E-state index in [0.717, 1.165) is 28.1 Å². The molecule has 1 heterocycles. The maximum absolute atomic E-state index is 5.44. The monoisotopic (exact) mass is 650 g/mol. The molecular weight excluding hydrogens is 617 g/mol. The number of hydrogen-bond donors (Lipinski definition) is 0. The zero-order valence-corrected chi connectivity index (χ0v) is 28.6. The summed E-state index contributed by atoms with van der Waals surface area (Å²) in [6.45, 7) is 4.66. The number of aromatic nitrogens is 2. The average Bonchev–Trinajstić information content (AvgIpc) is 3.43. The van der Waals surface area contributed by atoms with Gasteiger partial charge in [-0.3, -0.25) is 0 Å². The maximum Gasteiger partial charge on any atom is 0.160 e. The van der Waals surface area contributed by atoms with Crippen molar-refractivity contribution in [3.63, 3.8) is 0 Å². The molecule has 8 aromatic carbocycles. The highest BCUT2D eigenvalue weighted by Gasteiger charge is 2.36. The van der Waals surface area contributed by atoms with E-state index < -0.39 is 0 Å². The summed E-state index contributed by atoms with van der Waals surface area (Å²) < 4.78 is 0. The van der Waals surface area contributed by atoms with Crippen LogP contribution < -0.4 is 0 Å². The SMILES string of the molecule is CC1(C)c2ccccc2-c2c(-c3cc(-c4c5ccccc5cc5c4ccc4ccccc45)nc(-c4ccc(-c5ccccc5)cc4)n3)cccc21. The summed E-state index contributed by atoms with van der Waals surface area (Å²) in [5, 5.41) is 7.27. The average molecular weight is 651 g/mol. The molecule has 0 unspecified atom stereocenters. The van der Waals surface area contributed by atoms with Crippen LogP contribution in [0.25, 0.3) is 88.5 Å². The second kappa shape index (κ2) is 11.3. The molecule has 0 saturated heterocycles. The number of hydrogen-bond acceptors (Lipinski definition) is 2. The molecule has 0 N–H and O–H groups in total. The lowest BCUT2D eigenvalue weighted by molar-refractivity contribution is 0.660. The third-order valence-corrected chi connectivity index (χ3v) is 10.9. The topological polar surface area (TPSA) is 25.8 Å². The van der Waals surface area contributed by atoms with Crippen molar-refractivity contribution in [1.29, 1.82) is 0 Å². The van der Waals surface area contributed by atoms with Crippen molar-refractivity contribution in [3.05, 3.63) is 181 Å². The predicted octanol–water partition coefficient (Wildman–Crippen LogP) is 12.9. The molecule has 0 atom stereocenters. The minimum absolute atomic E-state index is 0.110. The summed E-state index contributed by atoms with van der Waals surface area (Å²) in [7, 11) is 0. The molecule has 0 spiro atoms. The van der Waals surface area contributed by atoms with Gasteiger partial charge in [0.05, 0.1) is 11.4 Å². The van der Waals surface area contributed by atoms with Crippen molar-refractivity contribution in [1.82, 2.24) is 9.97 Å². The molecule has 0 fully saturated rings. The Balaban J connectivity index is 1.27. The van der Waals surface area contributed by atoms with Gasteiger partial charge in [-0.05, 0) is 77.8 Å². The van der Waals surface area contributed by atoms with Crippen LogP contribution in [0.15, 0.2) is 170 Å². The maximum atomic E-state index is 5.44. The molecule has 1 aliphatic carbocycles. The number of benzene rings is 8. The first-order chi connectivity index (χ1) is 25.0. The predicted molar refractivity (Wildman–Crippen MR) is 214 cm³/mol. The van der Waals surface area contributed by atoms with Gasteiger partial charge in [0.1, 0.15) is 0 Å². The Morgan fingerprint density at radius 1 is 0.373 bits per heavy atom. The van der Waals surface area contributed by atoms with Crippen molar-refractivity contribution in [2.75, 3.05) is 0 Å². The number of nitrogens with zero attached hydrogens (tertiary/aromatic N) is 2. The van der Waals surface area contributed by atoms with Crippen LogP contribution in [0.2, 0.25) is 0 Å². The van der Waals surface area contributed by atoms with Crippen LogP contribution in [0.1, 0.15) is 25.0 Å². The summed E-state index contributed by atoms with van der Waals surface area (Å²) >= 11 is 0. The molecule has 0 bridgehead atoms. The van der Waals surface area contributed by atoms with Crippen LogP contribution in [0.5, 0.6) is 0 Å². The molecule has 0 saturated carbocycles. The third kappa shape index (κ3) is 4.64. The molecule has 2 heteroatoms. The van der Waals surface area contributed by atoms with Gasteiger partial charge in [0.2, 0.25) is 0 Å². The molecule has 2 nitrogen and oxygen atoms in total. The molecule has 240 valence electrons. The van der Waals surface area contributed by atoms with Gasteiger partial charge in [-0.25, -0.2) is 9.97 Å². The second-order valence-electron chi connectivity index (χ2n) is 14.2. The Kier molecular flexibility index (Phi) is 6.56. The zero-order valence-electron chi connectivity index (χ0n) is 28.6. The standard InChI is InChI=1S/C49H34N2/c1-49(2)42-21-11-10-19-39(42)46-40(20-12-22-43(46)49)44-30-45(51-48(50-44)34-25-23-32(24-26-34)31-13-4-3-5-14-31)47-37-18-9-7-16-35(37)29-41-36-17-8-6-15-33(36)27-28-38(41)47/h3-30H,1-2H3. The van der Waals surface area contributed by atoms with Crippen LogP contribution in [0, 0.1) is 0 Å². The van der Waals surface area contributed by atoms with E-state index in [1.54, 1.807) is 0 Å². The van der Waals surface area contributed by atoms with E-state index in [2.05, 4.69) is 184 Å². The molecule has 0 radical (unpaired) electrons. The molecule has 51 heavy (non-hydrogen) atoms. The Bertz CT molecular complexity index is 2810. The van der Waals surface area contributed by atoms with Gasteiger partial charge in [-0.2, -0.15) is 0 Å². The fourth-order valence-electron chi connectivity index (χ4n) is 8.35. The van der Waals surface area contributed by atoms with Gasteiger partial charge in [0.25, 0.3) is 0 Å². The van der Waals surface area contributed by atoms with Gasteiger partial charge in [-0.15, -0.1) is 0 Å². The van der Waals surface area contributed by atoms with Gasteiger partial charge >= 0.3 is 0 Å². The first kappa shape index (κ1) is 29.5. The van der Waals surface area contributed by atoms with E-state index in [1.807, 2.05) is 0 Å². The zero-order chi connectivity index (χ0) is 34.1. The smallest absolute Gasteiger partial charge is 0.160 e. The molecule has 9 aromatic rings. The third-order valence-electron chi connectivity index (χ3n) is 10.9. The highest BCUT2D eigenvalue weighted by molar-refractivity contribution is 6.20. The molecular formula is C49H34N2. The highest BCUT2D eigenvalue weighted by atomic mass is 14.9. The first-order valence-corrected chi connectivity index (χ1v) is 17.7. The van der Waals surface area contributed by atoms with E-state index in [-0.39, 0.29) is 5.41 Å². The van der Waals surface area contributed by atoms with Crippen molar-refractivity contribution in [2.45, 2.75) is 19.3 Å². The summed E-state index contributed by atoms with van der Waals surface area (Å²) in [4.78, 5) is 10.8. The molecule has 1 aromatic heterocycles. The summed E-state index contributed by atoms with van der Waals surface area (Å²) in [6, 6.07) is 61.2. The van der Waals surface area contributed by atoms with E-state index >= 15 is 0 Å². The lowest BCUT2D eigenvalue weighted by atomic mass is 9.82. The van der Waals surface area contributed by atoms with Gasteiger partial charge in [0.15, 0.2) is 5.82 Å². The fourth-order valence-corrected chi connectivity index (χ4v) is 8.35. The van der Waals surface area contributed by atoms with Crippen LogP contribution in [-0.4, -0.2) is 9.97 Å². The molecule has 1 aliphatic rings. The van der Waals surface area contributed by atoms with Crippen molar-refractivity contribution < 1.29 is 0 Å². The van der Waals surface area contributed by atoms with Crippen molar-refractivity contribution in [3.8, 4) is 56.2 Å². The molecule has 0 aliphatic heterocycles. The van der Waals surface area contributed by atoms with Gasteiger partial charge in [-0.1, -0.05) is 172 Å². The normalized spacial score (nSPS) is 13.1.